The minimum atomic E-state index is -0.528. The highest BCUT2D eigenvalue weighted by atomic mass is 35.5. The Labute approximate surface area is 163 Å². The predicted octanol–water partition coefficient (Wildman–Crippen LogP) is 5.64. The third kappa shape index (κ3) is 5.26. The van der Waals surface area contributed by atoms with Crippen LogP contribution in [0, 0.1) is 18.3 Å². The SMILES string of the molecule is CCCOc1ccc(Cl)cc1/C=C(\C#N)C(=O)Nc1cc(Cl)ccc1C. The van der Waals surface area contributed by atoms with E-state index in [0.717, 1.165) is 12.0 Å². The Morgan fingerprint density at radius 2 is 1.92 bits per heavy atom. The summed E-state index contributed by atoms with van der Waals surface area (Å²) in [5.74, 6) is 0.0371. The third-order valence-electron chi connectivity index (χ3n) is 3.55. The highest BCUT2D eigenvalue weighted by molar-refractivity contribution is 6.31. The van der Waals surface area contributed by atoms with Crippen LogP contribution in [0.5, 0.6) is 5.75 Å². The molecule has 134 valence electrons. The second kappa shape index (κ2) is 9.28. The first-order valence-corrected chi connectivity index (χ1v) is 8.81. The summed E-state index contributed by atoms with van der Waals surface area (Å²) in [6, 6.07) is 12.2. The summed E-state index contributed by atoms with van der Waals surface area (Å²) >= 11 is 12.0. The number of carbonyl (C=O) groups is 1. The van der Waals surface area contributed by atoms with Crippen LogP contribution in [-0.4, -0.2) is 12.5 Å². The van der Waals surface area contributed by atoms with Crippen molar-refractivity contribution in [2.75, 3.05) is 11.9 Å². The molecule has 0 radical (unpaired) electrons. The molecule has 6 heteroatoms. The minimum Gasteiger partial charge on any atom is -0.493 e. The van der Waals surface area contributed by atoms with E-state index in [1.807, 2.05) is 19.9 Å². The first-order valence-electron chi connectivity index (χ1n) is 8.06. The minimum absolute atomic E-state index is 0.0620. The van der Waals surface area contributed by atoms with Crippen LogP contribution in [0.1, 0.15) is 24.5 Å². The van der Waals surface area contributed by atoms with E-state index in [2.05, 4.69) is 5.32 Å². The molecule has 1 amide bonds. The normalized spacial score (nSPS) is 11.0. The molecule has 0 heterocycles. The van der Waals surface area contributed by atoms with Crippen molar-refractivity contribution in [3.05, 3.63) is 63.1 Å². The summed E-state index contributed by atoms with van der Waals surface area (Å²) in [5, 5.41) is 13.1. The Hall–Kier alpha value is -2.48. The molecule has 0 aromatic heterocycles. The second-order valence-corrected chi connectivity index (χ2v) is 6.49. The van der Waals surface area contributed by atoms with Gasteiger partial charge in [-0.1, -0.05) is 36.2 Å². The van der Waals surface area contributed by atoms with E-state index in [1.54, 1.807) is 36.4 Å². The van der Waals surface area contributed by atoms with E-state index in [0.29, 0.717) is 33.7 Å². The zero-order chi connectivity index (χ0) is 19.1. The molecule has 0 unspecified atom stereocenters. The molecule has 2 rings (SSSR count). The van der Waals surface area contributed by atoms with E-state index in [-0.39, 0.29) is 5.57 Å². The fourth-order valence-corrected chi connectivity index (χ4v) is 2.55. The second-order valence-electron chi connectivity index (χ2n) is 5.61. The molecule has 0 saturated carbocycles. The highest BCUT2D eigenvalue weighted by Gasteiger charge is 2.13. The summed E-state index contributed by atoms with van der Waals surface area (Å²) in [5.41, 5.74) is 1.90. The molecule has 0 spiro atoms. The third-order valence-corrected chi connectivity index (χ3v) is 4.02. The molecule has 2 aromatic rings. The Bertz CT molecular complexity index is 886. The number of nitriles is 1. The number of nitrogens with zero attached hydrogens (tertiary/aromatic N) is 1. The summed E-state index contributed by atoms with van der Waals surface area (Å²) in [6.07, 6.45) is 2.30. The summed E-state index contributed by atoms with van der Waals surface area (Å²) in [4.78, 5) is 12.5. The van der Waals surface area contributed by atoms with Crippen molar-refractivity contribution >= 4 is 40.9 Å². The van der Waals surface area contributed by atoms with Crippen molar-refractivity contribution in [3.63, 3.8) is 0 Å². The van der Waals surface area contributed by atoms with Gasteiger partial charge in [0.1, 0.15) is 17.4 Å². The van der Waals surface area contributed by atoms with Gasteiger partial charge in [0.2, 0.25) is 0 Å². The number of amides is 1. The van der Waals surface area contributed by atoms with E-state index >= 15 is 0 Å². The van der Waals surface area contributed by atoms with Crippen LogP contribution in [-0.2, 0) is 4.79 Å². The standard InChI is InChI=1S/C20H18Cl2N2O2/c1-3-8-26-19-7-6-16(21)10-14(19)9-15(12-23)20(25)24-18-11-17(22)5-4-13(18)2/h4-7,9-11H,3,8H2,1-2H3,(H,24,25)/b15-9+. The number of rotatable bonds is 6. The molecule has 26 heavy (non-hydrogen) atoms. The van der Waals surface area contributed by atoms with E-state index in [9.17, 15) is 10.1 Å². The number of nitrogens with one attached hydrogen (secondary N) is 1. The van der Waals surface area contributed by atoms with Crippen LogP contribution in [0.2, 0.25) is 10.0 Å². The van der Waals surface area contributed by atoms with Crippen molar-refractivity contribution in [1.29, 1.82) is 5.26 Å². The van der Waals surface area contributed by atoms with Gasteiger partial charge in [0.05, 0.1) is 6.61 Å². The number of aryl methyl sites for hydroxylation is 1. The van der Waals surface area contributed by atoms with E-state index < -0.39 is 5.91 Å². The van der Waals surface area contributed by atoms with E-state index in [1.165, 1.54) is 6.08 Å². The van der Waals surface area contributed by atoms with Crippen molar-refractivity contribution in [2.24, 2.45) is 0 Å². The lowest BCUT2D eigenvalue weighted by molar-refractivity contribution is -0.112. The number of hydrogen-bond acceptors (Lipinski definition) is 3. The summed E-state index contributed by atoms with van der Waals surface area (Å²) in [6.45, 7) is 4.36. The van der Waals surface area contributed by atoms with Gasteiger partial charge in [-0.3, -0.25) is 4.79 Å². The fraction of sp³-hybridized carbons (Fsp3) is 0.200. The number of halogens is 2. The number of ether oxygens (including phenoxy) is 1. The van der Waals surface area contributed by atoms with E-state index in [4.69, 9.17) is 27.9 Å². The topological polar surface area (TPSA) is 62.1 Å². The Morgan fingerprint density at radius 3 is 2.62 bits per heavy atom. The summed E-state index contributed by atoms with van der Waals surface area (Å²) < 4.78 is 5.66. The van der Waals surface area contributed by atoms with Gasteiger partial charge in [-0.25, -0.2) is 0 Å². The smallest absolute Gasteiger partial charge is 0.266 e. The largest absolute Gasteiger partial charge is 0.493 e. The lowest BCUT2D eigenvalue weighted by Crippen LogP contribution is -2.14. The van der Waals surface area contributed by atoms with Gasteiger partial charge in [-0.15, -0.1) is 0 Å². The molecular formula is C20H18Cl2N2O2. The molecule has 4 nitrogen and oxygen atoms in total. The molecule has 0 aliphatic rings. The molecule has 0 aliphatic carbocycles. The van der Waals surface area contributed by atoms with Gasteiger partial charge in [-0.2, -0.15) is 5.26 Å². The molecular weight excluding hydrogens is 371 g/mol. The van der Waals surface area contributed by atoms with Gasteiger partial charge < -0.3 is 10.1 Å². The number of hydrogen-bond donors (Lipinski definition) is 1. The average Bonchev–Trinajstić information content (AvgIpc) is 2.61. The van der Waals surface area contributed by atoms with Crippen LogP contribution < -0.4 is 10.1 Å². The highest BCUT2D eigenvalue weighted by Crippen LogP contribution is 2.26. The zero-order valence-electron chi connectivity index (χ0n) is 14.5. The maximum atomic E-state index is 12.5. The summed E-state index contributed by atoms with van der Waals surface area (Å²) in [7, 11) is 0. The van der Waals surface area contributed by atoms with Gasteiger partial charge in [0, 0.05) is 21.3 Å². The molecule has 0 aliphatic heterocycles. The van der Waals surface area contributed by atoms with Gasteiger partial charge in [0.15, 0.2) is 0 Å². The Kier molecular flexibility index (Phi) is 7.08. The van der Waals surface area contributed by atoms with Crippen molar-refractivity contribution in [2.45, 2.75) is 20.3 Å². The molecule has 0 atom stereocenters. The fourth-order valence-electron chi connectivity index (χ4n) is 2.20. The lowest BCUT2D eigenvalue weighted by atomic mass is 10.1. The Balaban J connectivity index is 2.32. The van der Waals surface area contributed by atoms with Crippen molar-refractivity contribution < 1.29 is 9.53 Å². The predicted molar refractivity (Wildman–Crippen MR) is 106 cm³/mol. The maximum Gasteiger partial charge on any atom is 0.266 e. The monoisotopic (exact) mass is 388 g/mol. The molecule has 1 N–H and O–H groups in total. The van der Waals surface area contributed by atoms with Gasteiger partial charge >= 0.3 is 0 Å². The van der Waals surface area contributed by atoms with Crippen molar-refractivity contribution in [3.8, 4) is 11.8 Å². The average molecular weight is 389 g/mol. The Morgan fingerprint density at radius 1 is 1.23 bits per heavy atom. The lowest BCUT2D eigenvalue weighted by Gasteiger charge is -2.10. The molecule has 0 bridgehead atoms. The van der Waals surface area contributed by atoms with Gasteiger partial charge in [0.25, 0.3) is 5.91 Å². The number of benzene rings is 2. The first kappa shape index (κ1) is 19.8. The quantitative estimate of drug-likeness (QED) is 0.514. The number of carbonyl (C=O) groups excluding carboxylic acids is 1. The molecule has 0 fully saturated rings. The van der Waals surface area contributed by atoms with Crippen LogP contribution in [0.4, 0.5) is 5.69 Å². The van der Waals surface area contributed by atoms with Crippen molar-refractivity contribution in [1.82, 2.24) is 0 Å². The first-order chi connectivity index (χ1) is 12.4. The maximum absolute atomic E-state index is 12.5. The van der Waals surface area contributed by atoms with Crippen LogP contribution >= 0.6 is 23.2 Å². The molecule has 2 aromatic carbocycles. The van der Waals surface area contributed by atoms with Crippen LogP contribution in [0.25, 0.3) is 6.08 Å². The zero-order valence-corrected chi connectivity index (χ0v) is 16.0. The number of anilines is 1. The van der Waals surface area contributed by atoms with Crippen LogP contribution in [0.15, 0.2) is 42.0 Å². The van der Waals surface area contributed by atoms with Gasteiger partial charge in [-0.05, 0) is 55.3 Å². The molecule has 0 saturated heterocycles. The van der Waals surface area contributed by atoms with Crippen LogP contribution in [0.3, 0.4) is 0 Å².